The topological polar surface area (TPSA) is 100 Å². The van der Waals surface area contributed by atoms with Gasteiger partial charge in [-0.1, -0.05) is 6.92 Å². The number of ether oxygens (including phenoxy) is 1. The Morgan fingerprint density at radius 2 is 1.92 bits per heavy atom. The molecule has 1 saturated heterocycles. The van der Waals surface area contributed by atoms with E-state index in [1.54, 1.807) is 6.92 Å². The van der Waals surface area contributed by atoms with E-state index in [2.05, 4.69) is 9.88 Å². The number of sulfonamides is 1. The molecule has 1 aliphatic rings. The summed E-state index contributed by atoms with van der Waals surface area (Å²) < 4.78 is 31.8. The van der Waals surface area contributed by atoms with Crippen LogP contribution in [-0.4, -0.2) is 103 Å². The van der Waals surface area contributed by atoms with Gasteiger partial charge in [-0.05, 0) is 19.5 Å². The standard InChI is InChI=1S/C14H21N3O5S.Na.H/c1-3-16-5-7-17(8-6-16)23(20,21)11-9-12(14(18)19)13(15-10-11)22-4-2;;/h9-10H,3-8H2,1-2H3,(H,18,19);;. The summed E-state index contributed by atoms with van der Waals surface area (Å²) in [5.41, 5.74) is -0.250. The molecular formula is C14H22N3NaO5S. The van der Waals surface area contributed by atoms with Gasteiger partial charge in [-0.3, -0.25) is 0 Å². The Hall–Kier alpha value is -0.710. The number of hydrogen-bond donors (Lipinski definition) is 1. The van der Waals surface area contributed by atoms with Gasteiger partial charge in [0.05, 0.1) is 12.8 Å². The number of carboxylic acids is 1. The number of nitrogens with zero attached hydrogens (tertiary/aromatic N) is 3. The van der Waals surface area contributed by atoms with Crippen molar-refractivity contribution in [2.45, 2.75) is 18.7 Å². The molecule has 1 aromatic heterocycles. The van der Waals surface area contributed by atoms with E-state index in [9.17, 15) is 18.3 Å². The molecule has 0 spiro atoms. The summed E-state index contributed by atoms with van der Waals surface area (Å²) in [7, 11) is -3.76. The third kappa shape index (κ3) is 4.68. The zero-order chi connectivity index (χ0) is 17.0. The summed E-state index contributed by atoms with van der Waals surface area (Å²) in [6.07, 6.45) is 1.15. The number of pyridine rings is 1. The van der Waals surface area contributed by atoms with Crippen LogP contribution in [0.4, 0.5) is 0 Å². The normalized spacial score (nSPS) is 16.4. The van der Waals surface area contributed by atoms with Gasteiger partial charge in [0.15, 0.2) is 0 Å². The van der Waals surface area contributed by atoms with E-state index in [0.717, 1.165) is 18.8 Å². The van der Waals surface area contributed by atoms with Gasteiger partial charge in [0.1, 0.15) is 10.5 Å². The van der Waals surface area contributed by atoms with Gasteiger partial charge in [0.25, 0.3) is 0 Å². The molecule has 1 aliphatic heterocycles. The molecule has 0 atom stereocenters. The van der Waals surface area contributed by atoms with Crippen LogP contribution in [0.15, 0.2) is 17.2 Å². The van der Waals surface area contributed by atoms with E-state index in [-0.39, 0.29) is 52.5 Å². The Balaban J connectivity index is 0.00000288. The molecule has 8 nitrogen and oxygen atoms in total. The second kappa shape index (κ2) is 9.12. The quantitative estimate of drug-likeness (QED) is 0.698. The maximum absolute atomic E-state index is 12.7. The van der Waals surface area contributed by atoms with Crippen LogP contribution >= 0.6 is 0 Å². The molecule has 1 N–H and O–H groups in total. The van der Waals surface area contributed by atoms with Crippen molar-refractivity contribution in [3.8, 4) is 5.88 Å². The molecule has 0 saturated carbocycles. The average molecular weight is 367 g/mol. The van der Waals surface area contributed by atoms with Crippen LogP contribution in [0.2, 0.25) is 0 Å². The molecule has 0 aromatic carbocycles. The molecule has 0 aliphatic carbocycles. The number of hydrogen-bond acceptors (Lipinski definition) is 6. The Morgan fingerprint density at radius 3 is 2.42 bits per heavy atom. The monoisotopic (exact) mass is 367 g/mol. The summed E-state index contributed by atoms with van der Waals surface area (Å²) in [5.74, 6) is -1.34. The number of piperazine rings is 1. The first-order valence-electron chi connectivity index (χ1n) is 7.48. The number of aromatic carboxylic acids is 1. The molecule has 130 valence electrons. The first-order valence-corrected chi connectivity index (χ1v) is 8.92. The molecule has 0 bridgehead atoms. The number of likely N-dealkylation sites (N-methyl/N-ethyl adjacent to an activating group) is 1. The fourth-order valence-corrected chi connectivity index (χ4v) is 3.81. The van der Waals surface area contributed by atoms with E-state index in [1.807, 2.05) is 6.92 Å². The number of carbonyl (C=O) groups is 1. The Morgan fingerprint density at radius 1 is 1.29 bits per heavy atom. The zero-order valence-electron chi connectivity index (χ0n) is 13.2. The van der Waals surface area contributed by atoms with Crippen molar-refractivity contribution in [2.75, 3.05) is 39.3 Å². The van der Waals surface area contributed by atoms with Gasteiger partial charge in [0, 0.05) is 26.2 Å². The predicted molar refractivity (Wildman–Crippen MR) is 90.4 cm³/mol. The molecule has 10 heteroatoms. The first-order chi connectivity index (χ1) is 10.9. The van der Waals surface area contributed by atoms with Crippen LogP contribution in [0.3, 0.4) is 0 Å². The van der Waals surface area contributed by atoms with E-state index < -0.39 is 16.0 Å². The van der Waals surface area contributed by atoms with E-state index in [0.29, 0.717) is 26.2 Å². The van der Waals surface area contributed by atoms with E-state index in [4.69, 9.17) is 4.74 Å². The number of rotatable bonds is 6. The van der Waals surface area contributed by atoms with Gasteiger partial charge in [-0.25, -0.2) is 18.2 Å². The van der Waals surface area contributed by atoms with Gasteiger partial charge in [-0.15, -0.1) is 0 Å². The van der Waals surface area contributed by atoms with Crippen LogP contribution in [0.5, 0.6) is 5.88 Å². The van der Waals surface area contributed by atoms with Gasteiger partial charge < -0.3 is 14.7 Å². The minimum absolute atomic E-state index is 0. The molecule has 0 amide bonds. The van der Waals surface area contributed by atoms with E-state index in [1.165, 1.54) is 4.31 Å². The molecular weight excluding hydrogens is 345 g/mol. The van der Waals surface area contributed by atoms with Crippen LogP contribution in [0, 0.1) is 0 Å². The number of carboxylic acid groups (broad SMARTS) is 1. The molecule has 0 unspecified atom stereocenters. The van der Waals surface area contributed by atoms with Gasteiger partial charge in [0.2, 0.25) is 15.9 Å². The third-order valence-electron chi connectivity index (χ3n) is 3.75. The van der Waals surface area contributed by atoms with Crippen molar-refractivity contribution in [3.63, 3.8) is 0 Å². The predicted octanol–water partition coefficient (Wildman–Crippen LogP) is -0.144. The number of aromatic nitrogens is 1. The second-order valence-corrected chi connectivity index (χ2v) is 7.04. The average Bonchev–Trinajstić information content (AvgIpc) is 2.55. The van der Waals surface area contributed by atoms with Crippen LogP contribution in [-0.2, 0) is 10.0 Å². The van der Waals surface area contributed by atoms with Crippen LogP contribution in [0.1, 0.15) is 24.2 Å². The molecule has 1 aromatic rings. The van der Waals surface area contributed by atoms with Crippen LogP contribution in [0.25, 0.3) is 0 Å². The summed E-state index contributed by atoms with van der Waals surface area (Å²) in [5, 5.41) is 9.22. The molecule has 1 fully saturated rings. The van der Waals surface area contributed by atoms with Crippen molar-refractivity contribution in [3.05, 3.63) is 17.8 Å². The molecule has 2 heterocycles. The fraction of sp³-hybridized carbons (Fsp3) is 0.571. The van der Waals surface area contributed by atoms with Crippen LogP contribution < -0.4 is 4.74 Å². The first kappa shape index (κ1) is 21.3. The Labute approximate surface area is 164 Å². The van der Waals surface area contributed by atoms with Crippen molar-refractivity contribution >= 4 is 45.5 Å². The van der Waals surface area contributed by atoms with Crippen molar-refractivity contribution < 1.29 is 23.1 Å². The Kier molecular flexibility index (Phi) is 8.10. The summed E-state index contributed by atoms with van der Waals surface area (Å²) >= 11 is 0. The summed E-state index contributed by atoms with van der Waals surface area (Å²) in [6.45, 7) is 6.93. The Bertz CT molecular complexity index is 675. The van der Waals surface area contributed by atoms with Crippen molar-refractivity contribution in [2.24, 2.45) is 0 Å². The van der Waals surface area contributed by atoms with E-state index >= 15 is 0 Å². The SMILES string of the molecule is CCOc1ncc(S(=O)(=O)N2CCN(CC)CC2)cc1C(=O)O.[NaH]. The van der Waals surface area contributed by atoms with Crippen molar-refractivity contribution in [1.29, 1.82) is 0 Å². The minimum atomic E-state index is -3.76. The third-order valence-corrected chi connectivity index (χ3v) is 5.62. The van der Waals surface area contributed by atoms with Crippen molar-refractivity contribution in [1.82, 2.24) is 14.2 Å². The summed E-state index contributed by atoms with van der Waals surface area (Å²) in [6, 6.07) is 1.11. The van der Waals surface area contributed by atoms with Gasteiger partial charge in [-0.2, -0.15) is 4.31 Å². The van der Waals surface area contributed by atoms with Gasteiger partial charge >= 0.3 is 35.5 Å². The summed E-state index contributed by atoms with van der Waals surface area (Å²) in [4.78, 5) is 17.2. The fourth-order valence-electron chi connectivity index (χ4n) is 2.41. The second-order valence-electron chi connectivity index (χ2n) is 5.10. The molecule has 2 rings (SSSR count). The molecule has 0 radical (unpaired) electrons. The maximum atomic E-state index is 12.7. The zero-order valence-corrected chi connectivity index (χ0v) is 14.0. The molecule has 24 heavy (non-hydrogen) atoms.